The molecule has 0 N–H and O–H groups in total. The molecule has 0 radical (unpaired) electrons. The van der Waals surface area contributed by atoms with Gasteiger partial charge in [-0.1, -0.05) is 59.7 Å². The highest BCUT2D eigenvalue weighted by Crippen LogP contribution is 2.10. The smallest absolute Gasteiger partial charge is 0.195 e. The van der Waals surface area contributed by atoms with Gasteiger partial charge in [-0.2, -0.15) is 4.57 Å². The van der Waals surface area contributed by atoms with Crippen molar-refractivity contribution in [2.45, 2.75) is 13.8 Å². The molecule has 0 aliphatic heterocycles. The summed E-state index contributed by atoms with van der Waals surface area (Å²) in [5, 5.41) is 0. The zero-order valence-electron chi connectivity index (χ0n) is 15.1. The van der Waals surface area contributed by atoms with Crippen LogP contribution in [0.25, 0.3) is 24.3 Å². The molecule has 3 aromatic rings. The molecule has 25 heavy (non-hydrogen) atoms. The van der Waals surface area contributed by atoms with E-state index in [-0.39, 0.29) is 0 Å². The van der Waals surface area contributed by atoms with E-state index in [1.807, 2.05) is 0 Å². The molecule has 0 atom stereocenters. The second kappa shape index (κ2) is 7.76. The fourth-order valence-corrected chi connectivity index (χ4v) is 2.67. The molecule has 0 fully saturated rings. The predicted molar refractivity (Wildman–Crippen MR) is 108 cm³/mol. The highest BCUT2D eigenvalue weighted by atomic mass is 14.9. The molecule has 1 heterocycles. The molecule has 0 saturated heterocycles. The number of hydrogen-bond donors (Lipinski definition) is 0. The third-order valence-corrected chi connectivity index (χ3v) is 4.36. The molecule has 0 aliphatic carbocycles. The molecule has 0 spiro atoms. The first-order chi connectivity index (χ1) is 12.1. The van der Waals surface area contributed by atoms with E-state index in [0.717, 1.165) is 0 Å². The van der Waals surface area contributed by atoms with Crippen molar-refractivity contribution < 1.29 is 4.57 Å². The summed E-state index contributed by atoms with van der Waals surface area (Å²) in [6.07, 6.45) is 8.63. The highest BCUT2D eigenvalue weighted by Gasteiger charge is 2.06. The molecule has 0 aliphatic rings. The van der Waals surface area contributed by atoms with E-state index in [2.05, 4.69) is 116 Å². The maximum absolute atomic E-state index is 2.20. The monoisotopic (exact) mass is 326 g/mol. The molecule has 1 nitrogen and oxygen atoms in total. The number of benzene rings is 2. The zero-order chi connectivity index (χ0) is 17.6. The van der Waals surface area contributed by atoms with E-state index >= 15 is 0 Å². The Hall–Kier alpha value is -2.93. The third kappa shape index (κ3) is 4.54. The van der Waals surface area contributed by atoms with Gasteiger partial charge in [-0.15, -0.1) is 0 Å². The fourth-order valence-electron chi connectivity index (χ4n) is 2.67. The van der Waals surface area contributed by atoms with Crippen LogP contribution < -0.4 is 4.57 Å². The SMILES string of the molecule is Cc1ccc(/C=C/c2cccc(/C=C/c3ccc(C)cc3)[n+]2C)cc1. The van der Waals surface area contributed by atoms with Gasteiger partial charge in [0.1, 0.15) is 7.05 Å². The first-order valence-corrected chi connectivity index (χ1v) is 8.60. The Morgan fingerprint density at radius 3 is 1.36 bits per heavy atom. The zero-order valence-corrected chi connectivity index (χ0v) is 15.1. The molecule has 124 valence electrons. The maximum Gasteiger partial charge on any atom is 0.205 e. The standard InChI is InChI=1S/C24H24N/c1-19-7-11-21(12-8-19)15-17-23-5-4-6-24(25(23)3)18-16-22-13-9-20(2)10-14-22/h4-18H,1-3H3/q+1/b17-15+,18-16+. The third-order valence-electron chi connectivity index (χ3n) is 4.36. The van der Waals surface area contributed by atoms with Crippen LogP contribution >= 0.6 is 0 Å². The van der Waals surface area contributed by atoms with E-state index < -0.39 is 0 Å². The summed E-state index contributed by atoms with van der Waals surface area (Å²) < 4.78 is 2.20. The molecule has 1 heteroatoms. The topological polar surface area (TPSA) is 3.88 Å². The molecule has 0 unspecified atom stereocenters. The van der Waals surface area contributed by atoms with E-state index in [4.69, 9.17) is 0 Å². The van der Waals surface area contributed by atoms with Gasteiger partial charge < -0.3 is 0 Å². The Morgan fingerprint density at radius 2 is 0.960 bits per heavy atom. The number of aromatic nitrogens is 1. The van der Waals surface area contributed by atoms with Crippen molar-refractivity contribution in [2.75, 3.05) is 0 Å². The number of hydrogen-bond acceptors (Lipinski definition) is 0. The van der Waals surface area contributed by atoms with Crippen LogP contribution in [0.15, 0.2) is 66.7 Å². The lowest BCUT2D eigenvalue weighted by molar-refractivity contribution is -0.675. The van der Waals surface area contributed by atoms with Crippen molar-refractivity contribution in [2.24, 2.45) is 7.05 Å². The minimum atomic E-state index is 1.17. The highest BCUT2D eigenvalue weighted by molar-refractivity contribution is 5.69. The van der Waals surface area contributed by atoms with E-state index in [9.17, 15) is 0 Å². The van der Waals surface area contributed by atoms with Crippen LogP contribution in [0.3, 0.4) is 0 Å². The first kappa shape index (κ1) is 16.9. The van der Waals surface area contributed by atoms with Crippen molar-refractivity contribution >= 4 is 24.3 Å². The van der Waals surface area contributed by atoms with Crippen LogP contribution in [0.4, 0.5) is 0 Å². The van der Waals surface area contributed by atoms with Crippen LogP contribution in [0.1, 0.15) is 33.6 Å². The minimum absolute atomic E-state index is 1.17. The van der Waals surface area contributed by atoms with Crippen molar-refractivity contribution in [3.63, 3.8) is 0 Å². The Morgan fingerprint density at radius 1 is 0.560 bits per heavy atom. The van der Waals surface area contributed by atoms with Crippen LogP contribution in [0.2, 0.25) is 0 Å². The summed E-state index contributed by atoms with van der Waals surface area (Å²) in [5.74, 6) is 0. The van der Waals surface area contributed by atoms with Crippen LogP contribution in [-0.2, 0) is 7.05 Å². The fraction of sp³-hybridized carbons (Fsp3) is 0.125. The maximum atomic E-state index is 2.20. The Bertz CT molecular complexity index is 824. The van der Waals surface area contributed by atoms with Crippen molar-refractivity contribution in [1.82, 2.24) is 0 Å². The number of pyridine rings is 1. The normalized spacial score (nSPS) is 11.5. The lowest BCUT2D eigenvalue weighted by Crippen LogP contribution is -2.35. The molecule has 3 rings (SSSR count). The molecule has 0 amide bonds. The van der Waals surface area contributed by atoms with Gasteiger partial charge in [0.2, 0.25) is 11.4 Å². The summed E-state index contributed by atoms with van der Waals surface area (Å²) in [4.78, 5) is 0. The summed E-state index contributed by atoms with van der Waals surface area (Å²) in [7, 11) is 2.10. The van der Waals surface area contributed by atoms with Gasteiger partial charge in [-0.25, -0.2) is 0 Å². The summed E-state index contributed by atoms with van der Waals surface area (Å²) in [6.45, 7) is 4.22. The van der Waals surface area contributed by atoms with Gasteiger partial charge in [0.15, 0.2) is 0 Å². The lowest BCUT2D eigenvalue weighted by Gasteiger charge is -2.00. The number of aryl methyl sites for hydroxylation is 2. The Labute approximate surface area is 150 Å². The first-order valence-electron chi connectivity index (χ1n) is 8.60. The quantitative estimate of drug-likeness (QED) is 0.560. The molecule has 0 bridgehead atoms. The van der Waals surface area contributed by atoms with Gasteiger partial charge >= 0.3 is 0 Å². The van der Waals surface area contributed by atoms with Crippen LogP contribution in [0.5, 0.6) is 0 Å². The summed E-state index contributed by atoms with van der Waals surface area (Å²) in [6, 6.07) is 23.5. The second-order valence-corrected chi connectivity index (χ2v) is 6.42. The van der Waals surface area contributed by atoms with Gasteiger partial charge in [-0.3, -0.25) is 0 Å². The Balaban J connectivity index is 1.82. The Kier molecular flexibility index (Phi) is 5.25. The molecule has 1 aromatic heterocycles. The van der Waals surface area contributed by atoms with Crippen molar-refractivity contribution in [1.29, 1.82) is 0 Å². The van der Waals surface area contributed by atoms with Gasteiger partial charge in [0.05, 0.1) is 0 Å². The van der Waals surface area contributed by atoms with Crippen LogP contribution in [-0.4, -0.2) is 0 Å². The molecular formula is C24H24N+. The average molecular weight is 326 g/mol. The molecule has 0 saturated carbocycles. The average Bonchev–Trinajstić information content (AvgIpc) is 2.62. The summed E-state index contributed by atoms with van der Waals surface area (Å²) in [5.41, 5.74) is 7.34. The largest absolute Gasteiger partial charge is 0.205 e. The van der Waals surface area contributed by atoms with E-state index in [1.54, 1.807) is 0 Å². The van der Waals surface area contributed by atoms with Gasteiger partial charge in [0, 0.05) is 24.3 Å². The van der Waals surface area contributed by atoms with Gasteiger partial charge in [-0.05, 0) is 43.2 Å². The van der Waals surface area contributed by atoms with Crippen molar-refractivity contribution in [3.8, 4) is 0 Å². The minimum Gasteiger partial charge on any atom is -0.195 e. The van der Waals surface area contributed by atoms with Gasteiger partial charge in [0.25, 0.3) is 0 Å². The molecule has 2 aromatic carbocycles. The second-order valence-electron chi connectivity index (χ2n) is 6.42. The lowest BCUT2D eigenvalue weighted by atomic mass is 10.1. The van der Waals surface area contributed by atoms with Crippen molar-refractivity contribution in [3.05, 3.63) is 100 Å². The predicted octanol–water partition coefficient (Wildman–Crippen LogP) is 5.47. The van der Waals surface area contributed by atoms with Crippen LogP contribution in [0, 0.1) is 13.8 Å². The summed E-state index contributed by atoms with van der Waals surface area (Å²) >= 11 is 0. The van der Waals surface area contributed by atoms with E-state index in [1.165, 1.54) is 33.6 Å². The number of rotatable bonds is 4. The number of nitrogens with zero attached hydrogens (tertiary/aromatic N) is 1. The molecular weight excluding hydrogens is 302 g/mol. The van der Waals surface area contributed by atoms with E-state index in [0.29, 0.717) is 0 Å².